The summed E-state index contributed by atoms with van der Waals surface area (Å²) in [6.45, 7) is 8.51. The van der Waals surface area contributed by atoms with Crippen LogP contribution in [0.4, 0.5) is 5.00 Å². The van der Waals surface area contributed by atoms with Gasteiger partial charge in [0.2, 0.25) is 5.91 Å². The summed E-state index contributed by atoms with van der Waals surface area (Å²) in [7, 11) is 0. The number of hydrogen-bond donors (Lipinski definition) is 2. The molecule has 1 fully saturated rings. The smallest absolute Gasteiger partial charge is 0.341 e. The molecule has 3 N–H and O–H groups in total. The molecule has 0 aromatic carbocycles. The maximum Gasteiger partial charge on any atom is 0.341 e. The van der Waals surface area contributed by atoms with Crippen molar-refractivity contribution in [2.45, 2.75) is 70.9 Å². The van der Waals surface area contributed by atoms with E-state index in [1.54, 1.807) is 32.1 Å². The standard InChI is InChI=1S/C25H31N5O5S3/c1-5-17-9-15(11-36-17)22-28-29-25(30(22)10-16-7-6-8-34-16)37-12-18(31)27-23-19(24(33)35-13(2)3)14(4)20(38-23)21(26)32/h9,11,13,16H,5-8,10,12H2,1-4H3,(H2,26,32)(H,27,31). The van der Waals surface area contributed by atoms with Gasteiger partial charge < -0.3 is 20.5 Å². The Morgan fingerprint density at radius 2 is 2.13 bits per heavy atom. The first-order valence-electron chi connectivity index (χ1n) is 12.4. The maximum atomic E-state index is 13.0. The highest BCUT2D eigenvalue weighted by molar-refractivity contribution is 7.99. The van der Waals surface area contributed by atoms with Crippen LogP contribution in [-0.4, -0.2) is 57.1 Å². The van der Waals surface area contributed by atoms with Gasteiger partial charge in [-0.3, -0.25) is 14.2 Å². The van der Waals surface area contributed by atoms with Crippen molar-refractivity contribution in [1.29, 1.82) is 0 Å². The highest BCUT2D eigenvalue weighted by atomic mass is 32.2. The number of ether oxygens (including phenoxy) is 2. The van der Waals surface area contributed by atoms with Crippen LogP contribution in [0.2, 0.25) is 0 Å². The first kappa shape index (κ1) is 28.3. The van der Waals surface area contributed by atoms with Gasteiger partial charge in [-0.15, -0.1) is 32.9 Å². The van der Waals surface area contributed by atoms with Gasteiger partial charge >= 0.3 is 5.97 Å². The van der Waals surface area contributed by atoms with Crippen molar-refractivity contribution in [2.24, 2.45) is 5.73 Å². The number of aromatic nitrogens is 3. The SMILES string of the molecule is CCc1cc(-c2nnc(SCC(=O)Nc3sc(C(N)=O)c(C)c3C(=O)OC(C)C)n2CC2CCCO2)cs1. The van der Waals surface area contributed by atoms with Crippen molar-refractivity contribution < 1.29 is 23.9 Å². The number of amides is 2. The average molecular weight is 578 g/mol. The Morgan fingerprint density at radius 1 is 1.34 bits per heavy atom. The third-order valence-corrected chi connectivity index (χ3v) is 9.16. The number of primary amides is 1. The molecule has 1 aliphatic heterocycles. The molecule has 1 unspecified atom stereocenters. The molecule has 38 heavy (non-hydrogen) atoms. The number of thiophene rings is 2. The Morgan fingerprint density at radius 3 is 2.76 bits per heavy atom. The first-order valence-corrected chi connectivity index (χ1v) is 15.0. The normalized spacial score (nSPS) is 15.2. The van der Waals surface area contributed by atoms with Crippen LogP contribution in [-0.2, 0) is 27.2 Å². The second kappa shape index (κ2) is 12.4. The second-order valence-electron chi connectivity index (χ2n) is 9.12. The lowest BCUT2D eigenvalue weighted by Gasteiger charge is -2.14. The number of thioether (sulfide) groups is 1. The fourth-order valence-corrected chi connectivity index (χ4v) is 6.72. The van der Waals surface area contributed by atoms with E-state index in [1.165, 1.54) is 16.6 Å². The summed E-state index contributed by atoms with van der Waals surface area (Å²) in [4.78, 5) is 39.0. The van der Waals surface area contributed by atoms with Gasteiger partial charge in [-0.2, -0.15) is 0 Å². The van der Waals surface area contributed by atoms with Crippen molar-refractivity contribution in [2.75, 3.05) is 17.7 Å². The zero-order valence-electron chi connectivity index (χ0n) is 21.7. The number of carbonyl (C=O) groups is 3. The van der Waals surface area contributed by atoms with Gasteiger partial charge in [0.05, 0.1) is 34.9 Å². The zero-order chi connectivity index (χ0) is 27.4. The number of nitrogens with zero attached hydrogens (tertiary/aromatic N) is 3. The summed E-state index contributed by atoms with van der Waals surface area (Å²) in [5.74, 6) is -0.877. The van der Waals surface area contributed by atoms with Crippen molar-refractivity contribution in [3.8, 4) is 11.4 Å². The minimum Gasteiger partial charge on any atom is -0.459 e. The highest BCUT2D eigenvalue weighted by Crippen LogP contribution is 2.34. The number of esters is 1. The van der Waals surface area contributed by atoms with Crippen molar-refractivity contribution in [3.63, 3.8) is 0 Å². The fraction of sp³-hybridized carbons (Fsp3) is 0.480. The third-order valence-electron chi connectivity index (χ3n) is 5.89. The van der Waals surface area contributed by atoms with Crippen LogP contribution in [0.25, 0.3) is 11.4 Å². The van der Waals surface area contributed by atoms with Crippen molar-refractivity contribution >= 4 is 57.2 Å². The summed E-state index contributed by atoms with van der Waals surface area (Å²) in [5, 5.41) is 14.5. The number of nitrogens with two attached hydrogens (primary N) is 1. The second-order valence-corrected chi connectivity index (χ2v) is 12.1. The number of aryl methyl sites for hydroxylation is 1. The van der Waals surface area contributed by atoms with E-state index in [0.717, 1.165) is 48.6 Å². The molecular formula is C25H31N5O5S3. The fourth-order valence-electron chi connectivity index (χ4n) is 4.10. The predicted octanol–water partition coefficient (Wildman–Crippen LogP) is 4.51. The Labute approximate surface area is 233 Å². The van der Waals surface area contributed by atoms with Gasteiger partial charge in [-0.25, -0.2) is 4.79 Å². The monoisotopic (exact) mass is 577 g/mol. The molecule has 0 bridgehead atoms. The van der Waals surface area contributed by atoms with Gasteiger partial charge in [0.1, 0.15) is 5.00 Å². The first-order chi connectivity index (χ1) is 18.2. The van der Waals surface area contributed by atoms with Crippen LogP contribution in [0, 0.1) is 6.92 Å². The summed E-state index contributed by atoms with van der Waals surface area (Å²) < 4.78 is 13.2. The molecule has 204 valence electrons. The highest BCUT2D eigenvalue weighted by Gasteiger charge is 2.27. The molecule has 3 aromatic rings. The molecule has 1 saturated heterocycles. The molecule has 4 heterocycles. The Bertz CT molecular complexity index is 1320. The van der Waals surface area contributed by atoms with E-state index in [4.69, 9.17) is 15.2 Å². The van der Waals surface area contributed by atoms with Crippen LogP contribution < -0.4 is 11.1 Å². The minimum absolute atomic E-state index is 0.0228. The summed E-state index contributed by atoms with van der Waals surface area (Å²) in [6.07, 6.45) is 2.62. The molecule has 0 radical (unpaired) electrons. The third kappa shape index (κ3) is 6.45. The van der Waals surface area contributed by atoms with Crippen LogP contribution in [0.1, 0.15) is 64.1 Å². The Kier molecular flexibility index (Phi) is 9.23. The minimum atomic E-state index is -0.671. The number of carbonyl (C=O) groups excluding carboxylic acids is 3. The molecule has 0 aliphatic carbocycles. The van der Waals surface area contributed by atoms with Crippen molar-refractivity contribution in [1.82, 2.24) is 14.8 Å². The lowest BCUT2D eigenvalue weighted by atomic mass is 10.1. The maximum absolute atomic E-state index is 13.0. The lowest BCUT2D eigenvalue weighted by Crippen LogP contribution is -2.19. The number of anilines is 1. The molecule has 10 nitrogen and oxygen atoms in total. The summed E-state index contributed by atoms with van der Waals surface area (Å²) in [5.41, 5.74) is 7.01. The Hall–Kier alpha value is -2.74. The van der Waals surface area contributed by atoms with E-state index in [1.807, 2.05) is 4.57 Å². The van der Waals surface area contributed by atoms with E-state index in [0.29, 0.717) is 17.3 Å². The predicted molar refractivity (Wildman–Crippen MR) is 149 cm³/mol. The van der Waals surface area contributed by atoms with Crippen LogP contribution in [0.5, 0.6) is 0 Å². The van der Waals surface area contributed by atoms with E-state index < -0.39 is 11.9 Å². The van der Waals surface area contributed by atoms with E-state index >= 15 is 0 Å². The van der Waals surface area contributed by atoms with E-state index in [2.05, 4.69) is 33.9 Å². The molecule has 4 rings (SSSR count). The quantitative estimate of drug-likeness (QED) is 0.251. The van der Waals surface area contributed by atoms with Gasteiger partial charge in [-0.05, 0) is 51.7 Å². The molecule has 2 amide bonds. The summed E-state index contributed by atoms with van der Waals surface area (Å²) in [6, 6.07) is 2.12. The van der Waals surface area contributed by atoms with Gasteiger partial charge in [0.15, 0.2) is 11.0 Å². The van der Waals surface area contributed by atoms with Gasteiger partial charge in [0, 0.05) is 22.4 Å². The number of rotatable bonds is 11. The number of nitrogens with one attached hydrogen (secondary N) is 1. The topological polar surface area (TPSA) is 138 Å². The van der Waals surface area contributed by atoms with Crippen LogP contribution >= 0.6 is 34.4 Å². The van der Waals surface area contributed by atoms with Crippen molar-refractivity contribution in [3.05, 3.63) is 32.3 Å². The summed E-state index contributed by atoms with van der Waals surface area (Å²) >= 11 is 3.90. The average Bonchev–Trinajstić information content (AvgIpc) is 3.65. The largest absolute Gasteiger partial charge is 0.459 e. The van der Waals surface area contributed by atoms with Gasteiger partial charge in [0.25, 0.3) is 5.91 Å². The zero-order valence-corrected chi connectivity index (χ0v) is 24.2. The molecular weight excluding hydrogens is 547 g/mol. The molecule has 1 aliphatic rings. The molecule has 0 saturated carbocycles. The Balaban J connectivity index is 1.53. The lowest BCUT2D eigenvalue weighted by molar-refractivity contribution is -0.113. The van der Waals surface area contributed by atoms with Crippen LogP contribution in [0.3, 0.4) is 0 Å². The van der Waals surface area contributed by atoms with Crippen LogP contribution in [0.15, 0.2) is 16.6 Å². The number of hydrogen-bond acceptors (Lipinski definition) is 10. The van der Waals surface area contributed by atoms with E-state index in [9.17, 15) is 14.4 Å². The molecule has 13 heteroatoms. The van der Waals surface area contributed by atoms with E-state index in [-0.39, 0.29) is 39.3 Å². The molecule has 3 aromatic heterocycles. The van der Waals surface area contributed by atoms with Gasteiger partial charge in [-0.1, -0.05) is 18.7 Å². The molecule has 0 spiro atoms. The molecule has 1 atom stereocenters.